The lowest BCUT2D eigenvalue weighted by atomic mass is 9.88. The zero-order valence-corrected chi connectivity index (χ0v) is 13.4. The van der Waals surface area contributed by atoms with Gasteiger partial charge < -0.3 is 0 Å². The molecule has 10 heteroatoms. The first-order valence-corrected chi connectivity index (χ1v) is 8.20. The standard InChI is InChI=1S/C14H14N2O7S/c1-11-5-7-12(8-6-11)24(21,22)23-10-14(16(19)20)9-3-2-4-13(14)15(17)18/h2-9,13H,10H2,1H3. The van der Waals surface area contributed by atoms with E-state index in [9.17, 15) is 28.6 Å². The molecule has 1 aromatic rings. The van der Waals surface area contributed by atoms with Gasteiger partial charge in [0, 0.05) is 15.9 Å². The molecule has 9 nitrogen and oxygen atoms in total. The van der Waals surface area contributed by atoms with Crippen LogP contribution in [-0.4, -0.2) is 36.5 Å². The molecule has 2 atom stereocenters. The normalized spacial score (nSPS) is 23.1. The van der Waals surface area contributed by atoms with Crippen molar-refractivity contribution in [2.24, 2.45) is 0 Å². The largest absolute Gasteiger partial charge is 0.334 e. The molecule has 0 heterocycles. The van der Waals surface area contributed by atoms with Crippen LogP contribution in [0.15, 0.2) is 53.5 Å². The highest BCUT2D eigenvalue weighted by molar-refractivity contribution is 7.86. The number of allylic oxidation sites excluding steroid dienone is 2. The molecule has 1 aromatic carbocycles. The first-order chi connectivity index (χ1) is 11.2. The molecule has 0 saturated carbocycles. The maximum Gasteiger partial charge on any atom is 0.334 e. The van der Waals surface area contributed by atoms with E-state index in [0.29, 0.717) is 0 Å². The van der Waals surface area contributed by atoms with Crippen LogP contribution in [0, 0.1) is 27.2 Å². The number of aryl methyl sites for hydroxylation is 1. The van der Waals surface area contributed by atoms with E-state index in [1.165, 1.54) is 24.3 Å². The Morgan fingerprint density at radius 2 is 1.79 bits per heavy atom. The first kappa shape index (κ1) is 17.8. The summed E-state index contributed by atoms with van der Waals surface area (Å²) in [6.07, 6.45) is 4.56. The van der Waals surface area contributed by atoms with Gasteiger partial charge in [0.1, 0.15) is 6.61 Å². The van der Waals surface area contributed by atoms with Crippen LogP contribution in [0.4, 0.5) is 0 Å². The topological polar surface area (TPSA) is 130 Å². The average Bonchev–Trinajstić information content (AvgIpc) is 2.53. The fraction of sp³-hybridized carbons (Fsp3) is 0.286. The van der Waals surface area contributed by atoms with E-state index in [1.54, 1.807) is 19.1 Å². The highest BCUT2D eigenvalue weighted by atomic mass is 32.2. The number of hydrogen-bond acceptors (Lipinski definition) is 7. The van der Waals surface area contributed by atoms with Crippen molar-refractivity contribution in [3.8, 4) is 0 Å². The number of nitrogens with zero attached hydrogens (tertiary/aromatic N) is 2. The second kappa shape index (κ2) is 6.49. The zero-order chi connectivity index (χ0) is 18.0. The van der Waals surface area contributed by atoms with E-state index in [-0.39, 0.29) is 4.90 Å². The molecule has 0 aromatic heterocycles. The van der Waals surface area contributed by atoms with Crippen molar-refractivity contribution < 1.29 is 22.4 Å². The SMILES string of the molecule is Cc1ccc(S(=O)(=O)OCC2([N+](=O)[O-])C=CC=CC2[N+](=O)[O-])cc1. The lowest BCUT2D eigenvalue weighted by molar-refractivity contribution is -0.635. The van der Waals surface area contributed by atoms with Crippen LogP contribution in [0.25, 0.3) is 0 Å². The molecule has 0 spiro atoms. The van der Waals surface area contributed by atoms with Gasteiger partial charge in [0.05, 0.1) is 4.90 Å². The maximum atomic E-state index is 12.2. The van der Waals surface area contributed by atoms with Gasteiger partial charge in [-0.3, -0.25) is 24.4 Å². The first-order valence-electron chi connectivity index (χ1n) is 6.79. The second-order valence-electron chi connectivity index (χ2n) is 5.25. The lowest BCUT2D eigenvalue weighted by Gasteiger charge is -2.24. The van der Waals surface area contributed by atoms with Crippen molar-refractivity contribution in [2.45, 2.75) is 23.4 Å². The van der Waals surface area contributed by atoms with E-state index in [2.05, 4.69) is 0 Å². The smallest absolute Gasteiger partial charge is 0.264 e. The van der Waals surface area contributed by atoms with Crippen LogP contribution in [-0.2, 0) is 14.3 Å². The van der Waals surface area contributed by atoms with Gasteiger partial charge in [-0.15, -0.1) is 0 Å². The molecule has 0 bridgehead atoms. The number of benzene rings is 1. The van der Waals surface area contributed by atoms with Crippen LogP contribution in [0.1, 0.15) is 5.56 Å². The number of rotatable bonds is 6. The summed E-state index contributed by atoms with van der Waals surface area (Å²) in [4.78, 5) is 20.6. The molecule has 1 aliphatic rings. The van der Waals surface area contributed by atoms with Crippen LogP contribution < -0.4 is 0 Å². The molecule has 0 N–H and O–H groups in total. The second-order valence-corrected chi connectivity index (χ2v) is 6.87. The van der Waals surface area contributed by atoms with E-state index in [0.717, 1.165) is 17.7 Å². The Balaban J connectivity index is 2.31. The van der Waals surface area contributed by atoms with E-state index >= 15 is 0 Å². The zero-order valence-electron chi connectivity index (χ0n) is 12.6. The van der Waals surface area contributed by atoms with Crippen molar-refractivity contribution in [2.75, 3.05) is 6.61 Å². The van der Waals surface area contributed by atoms with Gasteiger partial charge in [0.25, 0.3) is 10.1 Å². The van der Waals surface area contributed by atoms with Gasteiger partial charge in [-0.05, 0) is 25.1 Å². The summed E-state index contributed by atoms with van der Waals surface area (Å²) in [5.41, 5.74) is -1.47. The molecule has 0 fully saturated rings. The third kappa shape index (κ3) is 3.34. The molecule has 2 rings (SSSR count). The van der Waals surface area contributed by atoms with Crippen LogP contribution in [0.2, 0.25) is 0 Å². The summed E-state index contributed by atoms with van der Waals surface area (Å²) in [6.45, 7) is 0.780. The lowest BCUT2D eigenvalue weighted by Crippen LogP contribution is -2.55. The average molecular weight is 354 g/mol. The Morgan fingerprint density at radius 3 is 2.33 bits per heavy atom. The van der Waals surface area contributed by atoms with E-state index < -0.39 is 38.2 Å². The molecular weight excluding hydrogens is 340 g/mol. The molecule has 128 valence electrons. The molecule has 0 saturated heterocycles. The predicted molar refractivity (Wildman–Crippen MR) is 83.1 cm³/mol. The third-order valence-electron chi connectivity index (χ3n) is 3.62. The Labute approximate surface area is 137 Å². The van der Waals surface area contributed by atoms with Crippen LogP contribution in [0.3, 0.4) is 0 Å². The van der Waals surface area contributed by atoms with Gasteiger partial charge in [0.2, 0.25) is 0 Å². The number of nitro groups is 2. The Kier molecular flexibility index (Phi) is 4.81. The Hall–Kier alpha value is -2.59. The monoisotopic (exact) mass is 354 g/mol. The van der Waals surface area contributed by atoms with Crippen molar-refractivity contribution in [3.63, 3.8) is 0 Å². The van der Waals surface area contributed by atoms with Crippen LogP contribution in [0.5, 0.6) is 0 Å². The molecule has 0 radical (unpaired) electrons. The summed E-state index contributed by atoms with van der Waals surface area (Å²) in [5.74, 6) is 0. The van der Waals surface area contributed by atoms with Gasteiger partial charge in [-0.25, -0.2) is 0 Å². The highest BCUT2D eigenvalue weighted by Gasteiger charge is 2.57. The molecule has 2 unspecified atom stereocenters. The van der Waals surface area contributed by atoms with E-state index in [1.807, 2.05) is 0 Å². The molecular formula is C14H14N2O7S. The predicted octanol–water partition coefficient (Wildman–Crippen LogP) is 1.49. The van der Waals surface area contributed by atoms with Gasteiger partial charge in [-0.1, -0.05) is 29.8 Å². The minimum Gasteiger partial charge on any atom is -0.264 e. The summed E-state index contributed by atoms with van der Waals surface area (Å²) in [7, 11) is -4.28. The maximum absolute atomic E-state index is 12.2. The van der Waals surface area contributed by atoms with Crippen LogP contribution >= 0.6 is 0 Å². The quantitative estimate of drug-likeness (QED) is 0.430. The van der Waals surface area contributed by atoms with Gasteiger partial charge in [0.15, 0.2) is 0 Å². The van der Waals surface area contributed by atoms with Crippen molar-refractivity contribution >= 4 is 10.1 Å². The Morgan fingerprint density at radius 1 is 1.17 bits per heavy atom. The Bertz CT molecular complexity index is 814. The fourth-order valence-electron chi connectivity index (χ4n) is 2.21. The molecule has 1 aliphatic carbocycles. The minimum absolute atomic E-state index is 0.181. The summed E-state index contributed by atoms with van der Waals surface area (Å²) >= 11 is 0. The highest BCUT2D eigenvalue weighted by Crippen LogP contribution is 2.27. The van der Waals surface area contributed by atoms with Crippen molar-refractivity contribution in [1.29, 1.82) is 0 Å². The van der Waals surface area contributed by atoms with Crippen molar-refractivity contribution in [1.82, 2.24) is 0 Å². The van der Waals surface area contributed by atoms with Gasteiger partial charge in [-0.2, -0.15) is 8.42 Å². The van der Waals surface area contributed by atoms with Gasteiger partial charge >= 0.3 is 11.6 Å². The molecule has 0 amide bonds. The summed E-state index contributed by atoms with van der Waals surface area (Å²) in [6, 6.07) is 3.95. The third-order valence-corrected chi connectivity index (χ3v) is 4.90. The number of hydrogen-bond donors (Lipinski definition) is 0. The summed E-state index contributed by atoms with van der Waals surface area (Å²) in [5, 5.41) is 22.5. The minimum atomic E-state index is -4.28. The van der Waals surface area contributed by atoms with Crippen molar-refractivity contribution in [3.05, 3.63) is 74.4 Å². The fourth-order valence-corrected chi connectivity index (χ4v) is 3.16. The molecule has 0 aliphatic heterocycles. The molecule has 24 heavy (non-hydrogen) atoms. The van der Waals surface area contributed by atoms with E-state index in [4.69, 9.17) is 4.18 Å². The summed E-state index contributed by atoms with van der Waals surface area (Å²) < 4.78 is 29.1.